The van der Waals surface area contributed by atoms with Gasteiger partial charge in [0, 0.05) is 6.42 Å². The average molecular weight is 384 g/mol. The fourth-order valence-electron chi connectivity index (χ4n) is 3.74. The molecule has 0 amide bonds. The molecule has 4 rings (SSSR count). The standard InChI is InChI=1S/C23H23ClFNO/c1-23(2,3)15-12-10-14(11-13-15)21-16-6-4-9-19(16)27-22(26-21)20-17(24)7-5-8-18(20)25/h5,7-8,10-13,21H,4,6,9H2,1-3H3. The summed E-state index contributed by atoms with van der Waals surface area (Å²) >= 11 is 6.25. The van der Waals surface area contributed by atoms with E-state index >= 15 is 0 Å². The van der Waals surface area contributed by atoms with Crippen LogP contribution in [0.15, 0.2) is 58.8 Å². The number of aliphatic imine (C=N–C) groups is 1. The van der Waals surface area contributed by atoms with Crippen molar-refractivity contribution >= 4 is 17.5 Å². The second-order valence-corrected chi connectivity index (χ2v) is 8.62. The average Bonchev–Trinajstić information content (AvgIpc) is 3.09. The first-order chi connectivity index (χ1) is 12.8. The summed E-state index contributed by atoms with van der Waals surface area (Å²) in [7, 11) is 0. The molecule has 1 aliphatic carbocycles. The first-order valence-electron chi connectivity index (χ1n) is 9.37. The summed E-state index contributed by atoms with van der Waals surface area (Å²) in [5.74, 6) is 0.790. The van der Waals surface area contributed by atoms with Crippen LogP contribution in [0.1, 0.15) is 62.8 Å². The second kappa shape index (κ2) is 6.79. The number of halogens is 2. The molecular weight excluding hydrogens is 361 g/mol. The summed E-state index contributed by atoms with van der Waals surface area (Å²) in [5.41, 5.74) is 3.93. The Labute approximate surface area is 164 Å². The number of hydrogen-bond donors (Lipinski definition) is 0. The molecule has 0 bridgehead atoms. The number of ether oxygens (including phenoxy) is 1. The highest BCUT2D eigenvalue weighted by molar-refractivity contribution is 6.33. The van der Waals surface area contributed by atoms with Crippen molar-refractivity contribution < 1.29 is 9.13 Å². The molecule has 27 heavy (non-hydrogen) atoms. The van der Waals surface area contributed by atoms with Gasteiger partial charge in [-0.15, -0.1) is 0 Å². The third kappa shape index (κ3) is 3.41. The molecule has 0 aromatic heterocycles. The van der Waals surface area contributed by atoms with E-state index in [-0.39, 0.29) is 22.9 Å². The Balaban J connectivity index is 1.77. The Morgan fingerprint density at radius 3 is 2.48 bits per heavy atom. The lowest BCUT2D eigenvalue weighted by Gasteiger charge is -2.25. The predicted molar refractivity (Wildman–Crippen MR) is 108 cm³/mol. The van der Waals surface area contributed by atoms with Crippen LogP contribution in [0.2, 0.25) is 5.02 Å². The van der Waals surface area contributed by atoms with E-state index in [1.54, 1.807) is 12.1 Å². The van der Waals surface area contributed by atoms with Gasteiger partial charge in [-0.3, -0.25) is 0 Å². The van der Waals surface area contributed by atoms with Gasteiger partial charge in [-0.25, -0.2) is 9.38 Å². The molecule has 1 heterocycles. The molecule has 2 aliphatic rings. The topological polar surface area (TPSA) is 21.6 Å². The SMILES string of the molecule is CC(C)(C)c1ccc(C2N=C(c3c(F)cccc3Cl)OC3=C2CCC3)cc1. The minimum Gasteiger partial charge on any atom is -0.443 e. The third-order valence-electron chi connectivity index (χ3n) is 5.27. The Morgan fingerprint density at radius 1 is 1.07 bits per heavy atom. The maximum atomic E-state index is 14.4. The van der Waals surface area contributed by atoms with E-state index in [0.717, 1.165) is 30.6 Å². The van der Waals surface area contributed by atoms with E-state index < -0.39 is 5.82 Å². The Morgan fingerprint density at radius 2 is 1.81 bits per heavy atom. The fraction of sp³-hybridized carbons (Fsp3) is 0.348. The zero-order chi connectivity index (χ0) is 19.2. The van der Waals surface area contributed by atoms with Gasteiger partial charge in [0.15, 0.2) is 0 Å². The molecule has 1 aliphatic heterocycles. The lowest BCUT2D eigenvalue weighted by molar-refractivity contribution is 0.377. The van der Waals surface area contributed by atoms with Crippen molar-refractivity contribution in [2.24, 2.45) is 4.99 Å². The van der Waals surface area contributed by atoms with Gasteiger partial charge in [0.2, 0.25) is 5.90 Å². The smallest absolute Gasteiger partial charge is 0.226 e. The van der Waals surface area contributed by atoms with Gasteiger partial charge in [0.1, 0.15) is 17.6 Å². The highest BCUT2D eigenvalue weighted by atomic mass is 35.5. The Hall–Kier alpha value is -2.13. The molecule has 0 saturated carbocycles. The van der Waals surface area contributed by atoms with Crippen LogP contribution in [0.25, 0.3) is 0 Å². The van der Waals surface area contributed by atoms with Crippen molar-refractivity contribution in [3.63, 3.8) is 0 Å². The molecule has 0 N–H and O–H groups in total. The molecule has 1 atom stereocenters. The molecule has 2 aromatic rings. The second-order valence-electron chi connectivity index (χ2n) is 8.21. The van der Waals surface area contributed by atoms with E-state index in [2.05, 4.69) is 45.0 Å². The van der Waals surface area contributed by atoms with Crippen LogP contribution in [0.5, 0.6) is 0 Å². The normalized spacial score (nSPS) is 19.6. The van der Waals surface area contributed by atoms with Gasteiger partial charge in [-0.05, 0) is 47.1 Å². The molecule has 4 heteroatoms. The van der Waals surface area contributed by atoms with Crippen LogP contribution >= 0.6 is 11.6 Å². The Bertz CT molecular complexity index is 918. The molecule has 0 spiro atoms. The molecule has 2 nitrogen and oxygen atoms in total. The van der Waals surface area contributed by atoms with Crippen molar-refractivity contribution in [3.05, 3.63) is 81.3 Å². The number of allylic oxidation sites excluding steroid dienone is 1. The van der Waals surface area contributed by atoms with Gasteiger partial charge < -0.3 is 4.74 Å². The molecule has 0 radical (unpaired) electrons. The molecule has 140 valence electrons. The van der Waals surface area contributed by atoms with E-state index in [4.69, 9.17) is 21.3 Å². The Kier molecular flexibility index (Phi) is 4.59. The summed E-state index contributed by atoms with van der Waals surface area (Å²) in [6.45, 7) is 6.60. The van der Waals surface area contributed by atoms with Crippen molar-refractivity contribution in [3.8, 4) is 0 Å². The van der Waals surface area contributed by atoms with E-state index in [1.807, 2.05) is 0 Å². The highest BCUT2D eigenvalue weighted by Crippen LogP contribution is 2.43. The fourth-order valence-corrected chi connectivity index (χ4v) is 3.99. The molecular formula is C23H23ClFNO. The van der Waals surface area contributed by atoms with Gasteiger partial charge in [-0.2, -0.15) is 0 Å². The number of nitrogens with zero attached hydrogens (tertiary/aromatic N) is 1. The predicted octanol–water partition coefficient (Wildman–Crippen LogP) is 6.73. The monoisotopic (exact) mass is 383 g/mol. The molecule has 1 unspecified atom stereocenters. The third-order valence-corrected chi connectivity index (χ3v) is 5.59. The first-order valence-corrected chi connectivity index (χ1v) is 9.75. The van der Waals surface area contributed by atoms with Crippen LogP contribution in [-0.4, -0.2) is 5.90 Å². The first kappa shape index (κ1) is 18.2. The summed E-state index contributed by atoms with van der Waals surface area (Å²) in [4.78, 5) is 4.79. The number of rotatable bonds is 2. The molecule has 0 fully saturated rings. The van der Waals surface area contributed by atoms with Gasteiger partial charge >= 0.3 is 0 Å². The van der Waals surface area contributed by atoms with Crippen LogP contribution < -0.4 is 0 Å². The highest BCUT2D eigenvalue weighted by Gasteiger charge is 2.32. The van der Waals surface area contributed by atoms with E-state index in [0.29, 0.717) is 5.02 Å². The summed E-state index contributed by atoms with van der Waals surface area (Å²) < 4.78 is 20.4. The van der Waals surface area contributed by atoms with Crippen molar-refractivity contribution in [1.82, 2.24) is 0 Å². The molecule has 0 saturated heterocycles. The van der Waals surface area contributed by atoms with E-state index in [9.17, 15) is 4.39 Å². The summed E-state index contributed by atoms with van der Waals surface area (Å²) in [5, 5.41) is 0.317. The van der Waals surface area contributed by atoms with Gasteiger partial charge in [0.05, 0.1) is 10.6 Å². The van der Waals surface area contributed by atoms with Crippen LogP contribution in [-0.2, 0) is 10.2 Å². The maximum absolute atomic E-state index is 14.4. The minimum atomic E-state index is -0.412. The quantitative estimate of drug-likeness (QED) is 0.563. The number of benzene rings is 2. The minimum absolute atomic E-state index is 0.0983. The van der Waals surface area contributed by atoms with Crippen molar-refractivity contribution in [1.29, 1.82) is 0 Å². The van der Waals surface area contributed by atoms with Gasteiger partial charge in [0.25, 0.3) is 0 Å². The van der Waals surface area contributed by atoms with Crippen molar-refractivity contribution in [2.75, 3.05) is 0 Å². The lowest BCUT2D eigenvalue weighted by Crippen LogP contribution is -2.18. The van der Waals surface area contributed by atoms with Gasteiger partial charge in [-0.1, -0.05) is 62.7 Å². The maximum Gasteiger partial charge on any atom is 0.226 e. The van der Waals surface area contributed by atoms with E-state index in [1.165, 1.54) is 17.2 Å². The summed E-state index contributed by atoms with van der Waals surface area (Å²) in [6.07, 6.45) is 2.86. The lowest BCUT2D eigenvalue weighted by atomic mass is 9.85. The van der Waals surface area contributed by atoms with Crippen LogP contribution in [0, 0.1) is 5.82 Å². The molecule has 2 aromatic carbocycles. The van der Waals surface area contributed by atoms with Crippen molar-refractivity contribution in [2.45, 2.75) is 51.5 Å². The van der Waals surface area contributed by atoms with Crippen LogP contribution in [0.3, 0.4) is 0 Å². The van der Waals surface area contributed by atoms with Crippen LogP contribution in [0.4, 0.5) is 4.39 Å². The largest absolute Gasteiger partial charge is 0.443 e. The number of hydrogen-bond acceptors (Lipinski definition) is 2. The summed E-state index contributed by atoms with van der Waals surface area (Å²) in [6, 6.07) is 13.1. The zero-order valence-corrected chi connectivity index (χ0v) is 16.6. The zero-order valence-electron chi connectivity index (χ0n) is 15.9.